The number of nitro benzene ring substituents is 1. The minimum absolute atomic E-state index is 0.452. The Bertz CT molecular complexity index is 414. The molecule has 4 nitrogen and oxygen atoms in total. The van der Waals surface area contributed by atoms with Gasteiger partial charge in [0.15, 0.2) is 5.56 Å². The van der Waals surface area contributed by atoms with Crippen LogP contribution in [0.5, 0.6) is 0 Å². The van der Waals surface area contributed by atoms with Crippen molar-refractivity contribution in [2.75, 3.05) is 0 Å². The summed E-state index contributed by atoms with van der Waals surface area (Å²) >= 11 is 5.34. The maximum atomic E-state index is 12.7. The van der Waals surface area contributed by atoms with Gasteiger partial charge in [0.1, 0.15) is 16.9 Å². The molecule has 6 heteroatoms. The van der Waals surface area contributed by atoms with Crippen LogP contribution in [-0.2, 0) is 0 Å². The van der Waals surface area contributed by atoms with E-state index in [-0.39, 0.29) is 0 Å². The van der Waals surface area contributed by atoms with Gasteiger partial charge in [-0.05, 0) is 6.07 Å². The monoisotopic (exact) mass is 200 g/mol. The second-order valence-electron chi connectivity index (χ2n) is 2.12. The summed E-state index contributed by atoms with van der Waals surface area (Å²) in [6, 6.07) is 3.22. The molecule has 0 aromatic heterocycles. The van der Waals surface area contributed by atoms with Gasteiger partial charge in [-0.2, -0.15) is 5.26 Å². The number of nitriles is 1. The van der Waals surface area contributed by atoms with Crippen LogP contribution >= 0.6 is 11.6 Å². The van der Waals surface area contributed by atoms with E-state index < -0.39 is 27.0 Å². The molecule has 0 saturated carbocycles. The van der Waals surface area contributed by atoms with Gasteiger partial charge in [0, 0.05) is 6.07 Å². The third-order valence-electron chi connectivity index (χ3n) is 1.38. The molecule has 0 aliphatic carbocycles. The lowest BCUT2D eigenvalue weighted by molar-refractivity contribution is -0.385. The Kier molecular flexibility index (Phi) is 2.44. The van der Waals surface area contributed by atoms with Crippen LogP contribution in [0.4, 0.5) is 10.1 Å². The molecule has 1 aromatic carbocycles. The number of nitrogens with zero attached hydrogens (tertiary/aromatic N) is 2. The van der Waals surface area contributed by atoms with Gasteiger partial charge >= 0.3 is 0 Å². The predicted molar refractivity (Wildman–Crippen MR) is 42.8 cm³/mol. The first-order chi connectivity index (χ1) is 6.07. The minimum Gasteiger partial charge on any atom is -0.258 e. The normalized spacial score (nSPS) is 9.31. The lowest BCUT2D eigenvalue weighted by Gasteiger charge is -1.97. The van der Waals surface area contributed by atoms with Gasteiger partial charge in [0.25, 0.3) is 5.69 Å². The van der Waals surface area contributed by atoms with Crippen LogP contribution in [0.1, 0.15) is 5.56 Å². The number of halogens is 2. The van der Waals surface area contributed by atoms with Crippen LogP contribution in [0.3, 0.4) is 0 Å². The molecule has 0 aliphatic rings. The van der Waals surface area contributed by atoms with Crippen LogP contribution in [0.25, 0.3) is 0 Å². The van der Waals surface area contributed by atoms with Crippen molar-refractivity contribution >= 4 is 17.3 Å². The summed E-state index contributed by atoms with van der Waals surface area (Å²) in [6.45, 7) is 0. The highest BCUT2D eigenvalue weighted by Gasteiger charge is 2.19. The molecule has 0 amide bonds. The van der Waals surface area contributed by atoms with Gasteiger partial charge in [0.05, 0.1) is 4.92 Å². The Morgan fingerprint density at radius 3 is 2.69 bits per heavy atom. The molecule has 66 valence electrons. The quantitative estimate of drug-likeness (QED) is 0.516. The van der Waals surface area contributed by atoms with Crippen LogP contribution in [0.15, 0.2) is 12.1 Å². The summed E-state index contributed by atoms with van der Waals surface area (Å²) in [6.07, 6.45) is 0. The highest BCUT2D eigenvalue weighted by atomic mass is 35.5. The molecular formula is C7H2ClFN2O2. The van der Waals surface area contributed by atoms with E-state index in [1.54, 1.807) is 0 Å². The van der Waals surface area contributed by atoms with E-state index in [4.69, 9.17) is 16.9 Å². The maximum absolute atomic E-state index is 12.7. The van der Waals surface area contributed by atoms with E-state index in [2.05, 4.69) is 0 Å². The summed E-state index contributed by atoms with van der Waals surface area (Å²) in [7, 11) is 0. The van der Waals surface area contributed by atoms with Crippen LogP contribution in [0.2, 0.25) is 5.02 Å². The molecule has 0 bridgehead atoms. The van der Waals surface area contributed by atoms with E-state index in [0.717, 1.165) is 12.1 Å². The van der Waals surface area contributed by atoms with Crippen molar-refractivity contribution in [2.24, 2.45) is 0 Å². The number of benzene rings is 1. The molecule has 0 heterocycles. The summed E-state index contributed by atoms with van der Waals surface area (Å²) in [5.41, 5.74) is -0.944. The lowest BCUT2D eigenvalue weighted by atomic mass is 10.2. The topological polar surface area (TPSA) is 66.9 Å². The highest BCUT2D eigenvalue weighted by Crippen LogP contribution is 2.27. The Labute approximate surface area is 77.3 Å². The molecule has 0 fully saturated rings. The first-order valence-corrected chi connectivity index (χ1v) is 3.48. The first-order valence-electron chi connectivity index (χ1n) is 3.10. The van der Waals surface area contributed by atoms with Crippen molar-refractivity contribution in [1.29, 1.82) is 5.26 Å². The molecular weight excluding hydrogens is 199 g/mol. The van der Waals surface area contributed by atoms with Crippen molar-refractivity contribution in [3.8, 4) is 6.07 Å². The fourth-order valence-corrected chi connectivity index (χ4v) is 1.00. The fraction of sp³-hybridized carbons (Fsp3) is 0. The Morgan fingerprint density at radius 2 is 2.23 bits per heavy atom. The molecule has 1 rings (SSSR count). The van der Waals surface area contributed by atoms with Gasteiger partial charge in [-0.25, -0.2) is 4.39 Å². The standard InChI is InChI=1S/C7H2ClFN2O2/c8-7-4(3-10)6(11(12)13)2-1-5(7)9/h1-2H. The Hall–Kier alpha value is -1.67. The third-order valence-corrected chi connectivity index (χ3v) is 1.75. The zero-order valence-electron chi connectivity index (χ0n) is 6.12. The highest BCUT2D eigenvalue weighted by molar-refractivity contribution is 6.32. The maximum Gasteiger partial charge on any atom is 0.288 e. The van der Waals surface area contributed by atoms with Gasteiger partial charge in [-0.15, -0.1) is 0 Å². The zero-order valence-corrected chi connectivity index (χ0v) is 6.88. The molecule has 0 spiro atoms. The number of nitro groups is 1. The molecule has 1 aromatic rings. The Morgan fingerprint density at radius 1 is 1.62 bits per heavy atom. The summed E-state index contributed by atoms with van der Waals surface area (Å²) in [5, 5.41) is 18.3. The van der Waals surface area contributed by atoms with Crippen LogP contribution in [0, 0.1) is 27.3 Å². The second kappa shape index (κ2) is 3.37. The Balaban J connectivity index is 3.50. The summed E-state index contributed by atoms with van der Waals surface area (Å²) in [4.78, 5) is 9.53. The lowest BCUT2D eigenvalue weighted by Crippen LogP contribution is -1.94. The molecule has 0 N–H and O–H groups in total. The third kappa shape index (κ3) is 1.58. The van der Waals surface area contributed by atoms with E-state index in [9.17, 15) is 14.5 Å². The number of rotatable bonds is 1. The van der Waals surface area contributed by atoms with E-state index in [0.29, 0.717) is 0 Å². The second-order valence-corrected chi connectivity index (χ2v) is 2.50. The van der Waals surface area contributed by atoms with E-state index >= 15 is 0 Å². The molecule has 0 atom stereocenters. The van der Waals surface area contributed by atoms with E-state index in [1.807, 2.05) is 0 Å². The van der Waals surface area contributed by atoms with Crippen molar-refractivity contribution < 1.29 is 9.31 Å². The predicted octanol–water partition coefficient (Wildman–Crippen LogP) is 2.26. The molecule has 13 heavy (non-hydrogen) atoms. The van der Waals surface area contributed by atoms with Gasteiger partial charge < -0.3 is 0 Å². The van der Waals surface area contributed by atoms with Crippen molar-refractivity contribution in [3.63, 3.8) is 0 Å². The van der Waals surface area contributed by atoms with Gasteiger partial charge in [-0.1, -0.05) is 11.6 Å². The van der Waals surface area contributed by atoms with E-state index in [1.165, 1.54) is 6.07 Å². The fourth-order valence-electron chi connectivity index (χ4n) is 0.799. The molecule has 0 aliphatic heterocycles. The zero-order chi connectivity index (χ0) is 10.0. The summed E-state index contributed by atoms with van der Waals surface area (Å²) in [5.74, 6) is -0.844. The van der Waals surface area contributed by atoms with Crippen molar-refractivity contribution in [3.05, 3.63) is 38.7 Å². The first kappa shape index (κ1) is 9.42. The van der Waals surface area contributed by atoms with Gasteiger partial charge in [0.2, 0.25) is 0 Å². The largest absolute Gasteiger partial charge is 0.288 e. The van der Waals surface area contributed by atoms with Crippen molar-refractivity contribution in [1.82, 2.24) is 0 Å². The molecule has 0 radical (unpaired) electrons. The SMILES string of the molecule is N#Cc1c([N+](=O)[O-])ccc(F)c1Cl. The summed E-state index contributed by atoms with van der Waals surface area (Å²) < 4.78 is 12.7. The van der Waals surface area contributed by atoms with Crippen molar-refractivity contribution in [2.45, 2.75) is 0 Å². The average Bonchev–Trinajstić information content (AvgIpc) is 2.09. The average molecular weight is 201 g/mol. The number of hydrogen-bond donors (Lipinski definition) is 0. The smallest absolute Gasteiger partial charge is 0.258 e. The molecule has 0 unspecified atom stereocenters. The van der Waals surface area contributed by atoms with Crippen LogP contribution in [-0.4, -0.2) is 4.92 Å². The minimum atomic E-state index is -0.844. The molecule has 0 saturated heterocycles. The van der Waals surface area contributed by atoms with Gasteiger partial charge in [-0.3, -0.25) is 10.1 Å². The van der Waals surface area contributed by atoms with Crippen LogP contribution < -0.4 is 0 Å². The number of hydrogen-bond acceptors (Lipinski definition) is 3.